The molecule has 0 amide bonds. The molecule has 0 unspecified atom stereocenters. The summed E-state index contributed by atoms with van der Waals surface area (Å²) < 4.78 is 0. The topological polar surface area (TPSA) is 63.8 Å². The Bertz CT molecular complexity index is 1010. The van der Waals surface area contributed by atoms with Crippen molar-refractivity contribution in [1.29, 1.82) is 0 Å². The van der Waals surface area contributed by atoms with Crippen molar-refractivity contribution >= 4 is 16.7 Å². The maximum atomic E-state index is 5.64. The number of fused-ring (bicyclic) bond motifs is 1. The van der Waals surface area contributed by atoms with Crippen molar-refractivity contribution < 1.29 is 0 Å². The van der Waals surface area contributed by atoms with E-state index in [0.717, 1.165) is 39.2 Å². The first-order valence-electron chi connectivity index (χ1n) is 8.72. The molecule has 4 nitrogen and oxygen atoms in total. The van der Waals surface area contributed by atoms with Crippen LogP contribution in [0.25, 0.3) is 33.5 Å². The molecule has 0 aliphatic heterocycles. The summed E-state index contributed by atoms with van der Waals surface area (Å²) in [4.78, 5) is 9.97. The lowest BCUT2D eigenvalue weighted by Crippen LogP contribution is -2.13. The maximum Gasteiger partial charge on any atom is 0.113 e. The van der Waals surface area contributed by atoms with E-state index in [0.29, 0.717) is 13.1 Å². The Balaban J connectivity index is 1.97. The van der Waals surface area contributed by atoms with E-state index >= 15 is 0 Å². The minimum atomic E-state index is 0.567. The minimum Gasteiger partial charge on any atom is -0.382 e. The number of nitrogens with one attached hydrogen (secondary N) is 1. The zero-order valence-electron chi connectivity index (χ0n) is 14.4. The van der Waals surface area contributed by atoms with Gasteiger partial charge in [-0.15, -0.1) is 0 Å². The molecule has 0 radical (unpaired) electrons. The van der Waals surface area contributed by atoms with E-state index in [2.05, 4.69) is 29.6 Å². The van der Waals surface area contributed by atoms with Gasteiger partial charge in [0.15, 0.2) is 0 Å². The summed E-state index contributed by atoms with van der Waals surface area (Å²) in [7, 11) is 0. The van der Waals surface area contributed by atoms with Gasteiger partial charge in [-0.25, -0.2) is 9.97 Å². The van der Waals surface area contributed by atoms with E-state index in [1.807, 2.05) is 54.6 Å². The fraction of sp³-hybridized carbons (Fsp3) is 0.0909. The Kier molecular flexibility index (Phi) is 4.58. The zero-order valence-corrected chi connectivity index (χ0v) is 14.4. The number of rotatable bonds is 5. The molecule has 0 fully saturated rings. The van der Waals surface area contributed by atoms with E-state index < -0.39 is 0 Å². The number of hydrogen-bond acceptors (Lipinski definition) is 4. The van der Waals surface area contributed by atoms with E-state index in [-0.39, 0.29) is 0 Å². The molecule has 26 heavy (non-hydrogen) atoms. The molecule has 0 saturated carbocycles. The molecule has 0 bridgehead atoms. The Labute approximate surface area is 152 Å². The summed E-state index contributed by atoms with van der Waals surface area (Å²) in [5, 5.41) is 3.35. The predicted molar refractivity (Wildman–Crippen MR) is 108 cm³/mol. The van der Waals surface area contributed by atoms with Crippen molar-refractivity contribution in [3.8, 4) is 22.5 Å². The van der Waals surface area contributed by atoms with Crippen LogP contribution in [0.15, 0.2) is 78.9 Å². The number of anilines is 1. The molecule has 1 aromatic heterocycles. The second-order valence-corrected chi connectivity index (χ2v) is 6.04. The Morgan fingerprint density at radius 2 is 1.31 bits per heavy atom. The molecule has 0 aliphatic rings. The standard InChI is InChI=1S/C22H20N4/c23-14-15-24-18-12-7-13-19-22(18)26-21(17-10-5-2-6-11-17)20(25-19)16-8-3-1-4-9-16/h1-13,24H,14-15,23H2. The van der Waals surface area contributed by atoms with Crippen molar-refractivity contribution in [3.63, 3.8) is 0 Å². The maximum absolute atomic E-state index is 5.64. The number of benzene rings is 3. The molecule has 1 heterocycles. The molecular weight excluding hydrogens is 320 g/mol. The summed E-state index contributed by atoms with van der Waals surface area (Å²) in [6.07, 6.45) is 0. The minimum absolute atomic E-state index is 0.567. The average molecular weight is 340 g/mol. The van der Waals surface area contributed by atoms with Crippen LogP contribution < -0.4 is 11.1 Å². The molecule has 0 aliphatic carbocycles. The molecule has 3 aromatic carbocycles. The largest absolute Gasteiger partial charge is 0.382 e. The average Bonchev–Trinajstić information content (AvgIpc) is 2.72. The van der Waals surface area contributed by atoms with Crippen molar-refractivity contribution in [2.75, 3.05) is 18.4 Å². The summed E-state index contributed by atoms with van der Waals surface area (Å²) in [5.41, 5.74) is 12.2. The Morgan fingerprint density at radius 3 is 1.92 bits per heavy atom. The highest BCUT2D eigenvalue weighted by Crippen LogP contribution is 2.32. The van der Waals surface area contributed by atoms with Gasteiger partial charge in [-0.3, -0.25) is 0 Å². The number of nitrogens with zero attached hydrogens (tertiary/aromatic N) is 2. The van der Waals surface area contributed by atoms with Crippen LogP contribution in [-0.2, 0) is 0 Å². The van der Waals surface area contributed by atoms with Crippen LogP contribution in [0.3, 0.4) is 0 Å². The fourth-order valence-electron chi connectivity index (χ4n) is 3.02. The van der Waals surface area contributed by atoms with E-state index in [1.165, 1.54) is 0 Å². The van der Waals surface area contributed by atoms with Gasteiger partial charge in [0.2, 0.25) is 0 Å². The Hall–Kier alpha value is -3.24. The van der Waals surface area contributed by atoms with Gasteiger partial charge in [0.1, 0.15) is 5.52 Å². The third-order valence-electron chi connectivity index (χ3n) is 4.25. The van der Waals surface area contributed by atoms with Gasteiger partial charge in [0.05, 0.1) is 22.6 Å². The van der Waals surface area contributed by atoms with Crippen molar-refractivity contribution in [2.24, 2.45) is 5.73 Å². The first-order chi connectivity index (χ1) is 12.9. The predicted octanol–water partition coefficient (Wildman–Crippen LogP) is 4.33. The lowest BCUT2D eigenvalue weighted by atomic mass is 10.0. The van der Waals surface area contributed by atoms with Crippen LogP contribution in [0.4, 0.5) is 5.69 Å². The van der Waals surface area contributed by atoms with Gasteiger partial charge in [-0.2, -0.15) is 0 Å². The van der Waals surface area contributed by atoms with Gasteiger partial charge in [-0.05, 0) is 12.1 Å². The van der Waals surface area contributed by atoms with Gasteiger partial charge in [-0.1, -0.05) is 66.7 Å². The van der Waals surface area contributed by atoms with Gasteiger partial charge >= 0.3 is 0 Å². The van der Waals surface area contributed by atoms with Crippen molar-refractivity contribution in [1.82, 2.24) is 9.97 Å². The highest BCUT2D eigenvalue weighted by Gasteiger charge is 2.14. The smallest absolute Gasteiger partial charge is 0.113 e. The van der Waals surface area contributed by atoms with Crippen LogP contribution >= 0.6 is 0 Å². The van der Waals surface area contributed by atoms with Gasteiger partial charge in [0.25, 0.3) is 0 Å². The summed E-state index contributed by atoms with van der Waals surface area (Å²) in [6.45, 7) is 1.26. The monoisotopic (exact) mass is 340 g/mol. The first kappa shape index (κ1) is 16.2. The van der Waals surface area contributed by atoms with Crippen molar-refractivity contribution in [2.45, 2.75) is 0 Å². The molecular formula is C22H20N4. The SMILES string of the molecule is NCCNc1cccc2nc(-c3ccccc3)c(-c3ccccc3)nc12. The molecule has 0 spiro atoms. The number of hydrogen-bond donors (Lipinski definition) is 2. The number of aromatic nitrogens is 2. The molecule has 4 rings (SSSR count). The second-order valence-electron chi connectivity index (χ2n) is 6.04. The molecule has 4 heteroatoms. The number of para-hydroxylation sites is 1. The third kappa shape index (κ3) is 3.15. The lowest BCUT2D eigenvalue weighted by Gasteiger charge is -2.13. The van der Waals surface area contributed by atoms with E-state index in [4.69, 9.17) is 15.7 Å². The molecule has 128 valence electrons. The van der Waals surface area contributed by atoms with Crippen LogP contribution in [0.2, 0.25) is 0 Å². The fourth-order valence-corrected chi connectivity index (χ4v) is 3.02. The molecule has 0 saturated heterocycles. The quantitative estimate of drug-likeness (QED) is 0.567. The normalized spacial score (nSPS) is 10.8. The van der Waals surface area contributed by atoms with Crippen LogP contribution in [0.5, 0.6) is 0 Å². The highest BCUT2D eigenvalue weighted by atomic mass is 14.9. The van der Waals surface area contributed by atoms with E-state index in [1.54, 1.807) is 0 Å². The Morgan fingerprint density at radius 1 is 0.692 bits per heavy atom. The van der Waals surface area contributed by atoms with E-state index in [9.17, 15) is 0 Å². The van der Waals surface area contributed by atoms with Crippen LogP contribution in [0, 0.1) is 0 Å². The third-order valence-corrected chi connectivity index (χ3v) is 4.25. The number of nitrogens with two attached hydrogens (primary N) is 1. The first-order valence-corrected chi connectivity index (χ1v) is 8.72. The van der Waals surface area contributed by atoms with Gasteiger partial charge in [0, 0.05) is 24.2 Å². The molecule has 0 atom stereocenters. The van der Waals surface area contributed by atoms with Crippen molar-refractivity contribution in [3.05, 3.63) is 78.9 Å². The molecule has 3 N–H and O–H groups in total. The van der Waals surface area contributed by atoms with Crippen LogP contribution in [0.1, 0.15) is 0 Å². The summed E-state index contributed by atoms with van der Waals surface area (Å²) in [5.74, 6) is 0. The zero-order chi connectivity index (χ0) is 17.8. The van der Waals surface area contributed by atoms with Gasteiger partial charge < -0.3 is 11.1 Å². The van der Waals surface area contributed by atoms with Crippen LogP contribution in [-0.4, -0.2) is 23.1 Å². The summed E-state index contributed by atoms with van der Waals surface area (Å²) in [6, 6.07) is 26.4. The second kappa shape index (κ2) is 7.33. The summed E-state index contributed by atoms with van der Waals surface area (Å²) >= 11 is 0. The lowest BCUT2D eigenvalue weighted by molar-refractivity contribution is 1.03. The molecule has 4 aromatic rings. The highest BCUT2D eigenvalue weighted by molar-refractivity contribution is 5.93.